The lowest BCUT2D eigenvalue weighted by Gasteiger charge is -2.35. The third-order valence-electron chi connectivity index (χ3n) is 4.99. The first kappa shape index (κ1) is 19.6. The average Bonchev–Trinajstić information content (AvgIpc) is 3.27. The quantitative estimate of drug-likeness (QED) is 0.686. The van der Waals surface area contributed by atoms with Crippen LogP contribution in [0.25, 0.3) is 11.4 Å². The molecule has 154 valence electrons. The second-order valence-electron chi connectivity index (χ2n) is 6.94. The zero-order valence-electron chi connectivity index (χ0n) is 16.3. The van der Waals surface area contributed by atoms with Gasteiger partial charge in [0, 0.05) is 57.0 Å². The van der Waals surface area contributed by atoms with Crippen molar-refractivity contribution in [2.24, 2.45) is 0 Å². The monoisotopic (exact) mass is 407 g/mol. The predicted molar refractivity (Wildman–Crippen MR) is 106 cm³/mol. The number of aromatic hydroxyl groups is 1. The van der Waals surface area contributed by atoms with Crippen LogP contribution in [0, 0.1) is 0 Å². The minimum absolute atomic E-state index is 0.0224. The largest absolute Gasteiger partial charge is 0.507 e. The van der Waals surface area contributed by atoms with Crippen molar-refractivity contribution >= 4 is 11.8 Å². The van der Waals surface area contributed by atoms with Gasteiger partial charge in [-0.05, 0) is 24.3 Å². The average molecular weight is 407 g/mol. The number of hydrogen-bond donors (Lipinski definition) is 1. The number of rotatable bonds is 5. The maximum absolute atomic E-state index is 12.6. The van der Waals surface area contributed by atoms with Crippen molar-refractivity contribution in [1.29, 1.82) is 0 Å². The highest BCUT2D eigenvalue weighted by Crippen LogP contribution is 2.19. The van der Waals surface area contributed by atoms with Gasteiger partial charge in [-0.3, -0.25) is 14.6 Å². The SMILES string of the molecule is O=C(CCc1nc(-c2cccnc2)no1)N1CCN(C(=O)c2ccccc2O)CC1. The van der Waals surface area contributed by atoms with E-state index in [1.54, 1.807) is 46.5 Å². The number of pyridine rings is 1. The summed E-state index contributed by atoms with van der Waals surface area (Å²) in [7, 11) is 0. The van der Waals surface area contributed by atoms with Crippen LogP contribution in [0.15, 0.2) is 53.3 Å². The van der Waals surface area contributed by atoms with Gasteiger partial charge in [0.25, 0.3) is 5.91 Å². The van der Waals surface area contributed by atoms with Crippen molar-refractivity contribution < 1.29 is 19.2 Å². The third-order valence-corrected chi connectivity index (χ3v) is 4.99. The molecule has 0 aliphatic carbocycles. The number of para-hydroxylation sites is 1. The van der Waals surface area contributed by atoms with Gasteiger partial charge in [0.2, 0.25) is 17.6 Å². The van der Waals surface area contributed by atoms with E-state index in [4.69, 9.17) is 4.52 Å². The molecule has 1 N–H and O–H groups in total. The molecule has 1 aromatic carbocycles. The van der Waals surface area contributed by atoms with Gasteiger partial charge in [0.05, 0.1) is 5.56 Å². The zero-order chi connectivity index (χ0) is 20.9. The molecule has 0 bridgehead atoms. The van der Waals surface area contributed by atoms with Crippen LogP contribution < -0.4 is 0 Å². The lowest BCUT2D eigenvalue weighted by atomic mass is 10.1. The Labute approximate surface area is 173 Å². The summed E-state index contributed by atoms with van der Waals surface area (Å²) >= 11 is 0. The molecule has 2 amide bonds. The van der Waals surface area contributed by atoms with E-state index in [0.717, 1.165) is 5.56 Å². The third kappa shape index (κ3) is 4.29. The highest BCUT2D eigenvalue weighted by molar-refractivity contribution is 5.97. The molecule has 2 aromatic heterocycles. The summed E-state index contributed by atoms with van der Waals surface area (Å²) < 4.78 is 5.23. The summed E-state index contributed by atoms with van der Waals surface area (Å²) in [6, 6.07) is 10.1. The Balaban J connectivity index is 1.27. The van der Waals surface area contributed by atoms with Crippen LogP contribution in [0.1, 0.15) is 22.7 Å². The van der Waals surface area contributed by atoms with Crippen LogP contribution in [-0.4, -0.2) is 68.0 Å². The zero-order valence-corrected chi connectivity index (χ0v) is 16.3. The minimum atomic E-state index is -0.228. The van der Waals surface area contributed by atoms with Crippen LogP contribution in [-0.2, 0) is 11.2 Å². The molecular formula is C21H21N5O4. The molecule has 9 nitrogen and oxygen atoms in total. The van der Waals surface area contributed by atoms with Crippen LogP contribution in [0.5, 0.6) is 5.75 Å². The van der Waals surface area contributed by atoms with Crippen molar-refractivity contribution in [2.75, 3.05) is 26.2 Å². The van der Waals surface area contributed by atoms with E-state index in [1.165, 1.54) is 6.07 Å². The van der Waals surface area contributed by atoms with Gasteiger partial charge in [-0.25, -0.2) is 0 Å². The molecule has 9 heteroatoms. The van der Waals surface area contributed by atoms with Gasteiger partial charge in [-0.15, -0.1) is 0 Å². The first-order valence-electron chi connectivity index (χ1n) is 9.70. The molecule has 0 saturated carbocycles. The van der Waals surface area contributed by atoms with E-state index in [1.807, 2.05) is 6.07 Å². The summed E-state index contributed by atoms with van der Waals surface area (Å²) in [5.74, 6) is 0.559. The normalized spacial score (nSPS) is 14.0. The topological polar surface area (TPSA) is 113 Å². The van der Waals surface area contributed by atoms with Gasteiger partial charge in [0.1, 0.15) is 5.75 Å². The van der Waals surface area contributed by atoms with Crippen molar-refractivity contribution in [3.05, 3.63) is 60.2 Å². The Morgan fingerprint density at radius 3 is 2.53 bits per heavy atom. The minimum Gasteiger partial charge on any atom is -0.507 e. The molecule has 1 fully saturated rings. The van der Waals surface area contributed by atoms with E-state index in [2.05, 4.69) is 15.1 Å². The van der Waals surface area contributed by atoms with Gasteiger partial charge in [-0.2, -0.15) is 4.98 Å². The van der Waals surface area contributed by atoms with Gasteiger partial charge in [-0.1, -0.05) is 17.3 Å². The van der Waals surface area contributed by atoms with E-state index in [0.29, 0.717) is 44.3 Å². The number of benzene rings is 1. The lowest BCUT2D eigenvalue weighted by Crippen LogP contribution is -2.50. The van der Waals surface area contributed by atoms with Crippen molar-refractivity contribution in [3.8, 4) is 17.1 Å². The van der Waals surface area contributed by atoms with Crippen LogP contribution in [0.3, 0.4) is 0 Å². The molecule has 1 aliphatic rings. The fraction of sp³-hybridized carbons (Fsp3) is 0.286. The van der Waals surface area contributed by atoms with Crippen LogP contribution in [0.4, 0.5) is 0 Å². The second-order valence-corrected chi connectivity index (χ2v) is 6.94. The van der Waals surface area contributed by atoms with E-state index >= 15 is 0 Å². The van der Waals surface area contributed by atoms with Gasteiger partial charge >= 0.3 is 0 Å². The Morgan fingerprint density at radius 2 is 1.80 bits per heavy atom. The molecule has 3 aromatic rings. The Hall–Kier alpha value is -3.75. The maximum atomic E-state index is 12.6. The number of hydrogen-bond acceptors (Lipinski definition) is 7. The van der Waals surface area contributed by atoms with E-state index in [-0.39, 0.29) is 29.5 Å². The Morgan fingerprint density at radius 1 is 1.03 bits per heavy atom. The summed E-state index contributed by atoms with van der Waals surface area (Å²) in [5, 5.41) is 13.8. The van der Waals surface area contributed by atoms with Crippen molar-refractivity contribution in [2.45, 2.75) is 12.8 Å². The number of piperazine rings is 1. The molecule has 0 atom stereocenters. The van der Waals surface area contributed by atoms with Gasteiger partial charge < -0.3 is 19.4 Å². The number of carbonyl (C=O) groups excluding carboxylic acids is 2. The Kier molecular flexibility index (Phi) is 5.69. The molecule has 0 radical (unpaired) electrons. The molecule has 3 heterocycles. The summed E-state index contributed by atoms with van der Waals surface area (Å²) in [5.41, 5.74) is 1.03. The number of carbonyl (C=O) groups is 2. The molecule has 0 unspecified atom stereocenters. The van der Waals surface area contributed by atoms with Crippen LogP contribution >= 0.6 is 0 Å². The van der Waals surface area contributed by atoms with E-state index in [9.17, 15) is 14.7 Å². The highest BCUT2D eigenvalue weighted by Gasteiger charge is 2.26. The predicted octanol–water partition coefficient (Wildman–Crippen LogP) is 1.75. The Bertz CT molecular complexity index is 1030. The molecule has 4 rings (SSSR count). The van der Waals surface area contributed by atoms with Gasteiger partial charge in [0.15, 0.2) is 0 Å². The summed E-state index contributed by atoms with van der Waals surface area (Å²) in [6.45, 7) is 1.74. The van der Waals surface area contributed by atoms with E-state index < -0.39 is 0 Å². The van der Waals surface area contributed by atoms with Crippen LogP contribution in [0.2, 0.25) is 0 Å². The molecule has 1 saturated heterocycles. The number of nitrogens with zero attached hydrogens (tertiary/aromatic N) is 5. The number of aryl methyl sites for hydroxylation is 1. The molecular weight excluding hydrogens is 386 g/mol. The van der Waals surface area contributed by atoms with Crippen molar-refractivity contribution in [3.63, 3.8) is 0 Å². The second kappa shape index (κ2) is 8.73. The number of aromatic nitrogens is 3. The number of amides is 2. The lowest BCUT2D eigenvalue weighted by molar-refractivity contribution is -0.132. The standard InChI is InChI=1S/C21H21N5O4/c27-17-6-2-1-5-16(17)21(29)26-12-10-25(11-13-26)19(28)8-7-18-23-20(24-30-18)15-4-3-9-22-14-15/h1-6,9,14,27H,7-8,10-13H2. The first-order valence-corrected chi connectivity index (χ1v) is 9.70. The molecule has 1 aliphatic heterocycles. The molecule has 0 spiro atoms. The summed E-state index contributed by atoms with van der Waals surface area (Å²) in [6.07, 6.45) is 3.92. The highest BCUT2D eigenvalue weighted by atomic mass is 16.5. The number of phenolic OH excluding ortho intramolecular Hbond substituents is 1. The fourth-order valence-corrected chi connectivity index (χ4v) is 3.32. The smallest absolute Gasteiger partial charge is 0.257 e. The first-order chi connectivity index (χ1) is 14.6. The fourth-order valence-electron chi connectivity index (χ4n) is 3.32. The maximum Gasteiger partial charge on any atom is 0.257 e. The van der Waals surface area contributed by atoms with Crippen molar-refractivity contribution in [1.82, 2.24) is 24.9 Å². The summed E-state index contributed by atoms with van der Waals surface area (Å²) in [4.78, 5) is 36.8. The number of phenols is 1. The molecule has 30 heavy (non-hydrogen) atoms.